The molecule has 1 aromatic heterocycles. The number of nitrogens with zero attached hydrogens (tertiary/aromatic N) is 3. The minimum atomic E-state index is -5.52. The molecule has 1 aliphatic heterocycles. The van der Waals surface area contributed by atoms with Crippen molar-refractivity contribution in [3.05, 3.63) is 53.9 Å². The van der Waals surface area contributed by atoms with E-state index in [2.05, 4.69) is 4.98 Å². The molecule has 3 amide bonds. The number of amides is 3. The number of hydrogen-bond acceptors (Lipinski definition) is 5. The van der Waals surface area contributed by atoms with Crippen LogP contribution in [0.2, 0.25) is 0 Å². The van der Waals surface area contributed by atoms with Crippen molar-refractivity contribution in [3.63, 3.8) is 0 Å². The van der Waals surface area contributed by atoms with Gasteiger partial charge in [-0.15, -0.1) is 0 Å². The highest BCUT2D eigenvalue weighted by atomic mass is 32.2. The Kier molecular flexibility index (Phi) is 5.11. The van der Waals surface area contributed by atoms with Gasteiger partial charge in [0.15, 0.2) is 0 Å². The summed E-state index contributed by atoms with van der Waals surface area (Å²) in [6, 6.07) is 5.49. The van der Waals surface area contributed by atoms with Crippen LogP contribution in [0.5, 0.6) is 0 Å². The van der Waals surface area contributed by atoms with E-state index >= 15 is 0 Å². The highest BCUT2D eigenvalue weighted by molar-refractivity contribution is 7.92. The summed E-state index contributed by atoms with van der Waals surface area (Å²) < 4.78 is 60.9. The van der Waals surface area contributed by atoms with E-state index in [9.17, 15) is 31.2 Å². The molecule has 0 aliphatic carbocycles. The van der Waals surface area contributed by atoms with Crippen LogP contribution in [-0.2, 0) is 21.2 Å². The van der Waals surface area contributed by atoms with Crippen LogP contribution >= 0.6 is 0 Å². The van der Waals surface area contributed by atoms with E-state index in [0.29, 0.717) is 5.69 Å². The number of pyridine rings is 1. The van der Waals surface area contributed by atoms with Crippen molar-refractivity contribution in [1.29, 1.82) is 0 Å². The Bertz CT molecular complexity index is 1070. The lowest BCUT2D eigenvalue weighted by Gasteiger charge is -2.19. The average Bonchev–Trinajstić information content (AvgIpc) is 2.86. The van der Waals surface area contributed by atoms with Gasteiger partial charge in [0.2, 0.25) is 0 Å². The third kappa shape index (κ3) is 3.57. The molecule has 0 bridgehead atoms. The van der Waals surface area contributed by atoms with Crippen LogP contribution in [0, 0.1) is 6.92 Å². The molecule has 0 radical (unpaired) electrons. The van der Waals surface area contributed by atoms with Crippen LogP contribution in [0.1, 0.15) is 18.2 Å². The smallest absolute Gasteiger partial charge is 0.306 e. The van der Waals surface area contributed by atoms with Crippen molar-refractivity contribution < 1.29 is 31.2 Å². The molecule has 29 heavy (non-hydrogen) atoms. The second-order valence-corrected chi connectivity index (χ2v) is 8.41. The van der Waals surface area contributed by atoms with Gasteiger partial charge in [-0.05, 0) is 49.7 Å². The van der Waals surface area contributed by atoms with Crippen LogP contribution in [0.4, 0.5) is 23.7 Å². The first-order valence-corrected chi connectivity index (χ1v) is 9.90. The third-order valence-corrected chi connectivity index (χ3v) is 6.13. The highest BCUT2D eigenvalue weighted by Crippen LogP contribution is 2.32. The number of aryl methyl sites for hydroxylation is 1. The predicted octanol–water partition coefficient (Wildman–Crippen LogP) is 3.04. The molecular weight excluding hydrogens is 411 g/mol. The van der Waals surface area contributed by atoms with Crippen molar-refractivity contribution in [2.24, 2.45) is 0 Å². The molecule has 3 rings (SSSR count). The number of carbonyl (C=O) groups is 2. The summed E-state index contributed by atoms with van der Waals surface area (Å²) in [7, 11) is -5.52. The number of anilines is 1. The van der Waals surface area contributed by atoms with Gasteiger partial charge in [0.1, 0.15) is 6.04 Å². The molecule has 0 spiro atoms. The molecule has 1 fully saturated rings. The number of rotatable bonds is 4. The number of aromatic nitrogens is 1. The molecule has 0 N–H and O–H groups in total. The van der Waals surface area contributed by atoms with Crippen molar-refractivity contribution in [3.8, 4) is 0 Å². The molecule has 0 saturated carbocycles. The lowest BCUT2D eigenvalue weighted by atomic mass is 10.2. The quantitative estimate of drug-likeness (QED) is 0.700. The number of urea groups is 1. The fourth-order valence-corrected chi connectivity index (χ4v) is 3.67. The zero-order chi connectivity index (χ0) is 21.6. The average molecular weight is 427 g/mol. The second-order valence-electron chi connectivity index (χ2n) is 6.47. The van der Waals surface area contributed by atoms with Crippen molar-refractivity contribution >= 4 is 27.5 Å². The summed E-state index contributed by atoms with van der Waals surface area (Å²) >= 11 is 0. The van der Waals surface area contributed by atoms with Gasteiger partial charge in [-0.25, -0.2) is 18.1 Å². The Morgan fingerprint density at radius 1 is 1.10 bits per heavy atom. The van der Waals surface area contributed by atoms with Gasteiger partial charge in [0, 0.05) is 6.20 Å². The maximum absolute atomic E-state index is 12.8. The van der Waals surface area contributed by atoms with Crippen LogP contribution < -0.4 is 4.90 Å². The first kappa shape index (κ1) is 20.8. The summed E-state index contributed by atoms with van der Waals surface area (Å²) in [4.78, 5) is 30.7. The Morgan fingerprint density at radius 3 is 2.28 bits per heavy atom. The van der Waals surface area contributed by atoms with Gasteiger partial charge in [-0.2, -0.15) is 13.2 Å². The predicted molar refractivity (Wildman–Crippen MR) is 96.5 cm³/mol. The highest BCUT2D eigenvalue weighted by Gasteiger charge is 2.47. The van der Waals surface area contributed by atoms with Crippen molar-refractivity contribution in [1.82, 2.24) is 9.88 Å². The monoisotopic (exact) mass is 427 g/mol. The number of sulfone groups is 1. The number of halogens is 3. The van der Waals surface area contributed by atoms with E-state index in [1.807, 2.05) is 13.0 Å². The van der Waals surface area contributed by atoms with Gasteiger partial charge >= 0.3 is 11.5 Å². The SMILES string of the molecule is Cc1cccnc1CN1C(=O)N(c2ccc(S(=O)(=O)C(F)(F)F)cc2)C(=O)[C@@H]1C. The molecular formula is C18H16F3N3O4S. The topological polar surface area (TPSA) is 87.7 Å². The maximum Gasteiger partial charge on any atom is 0.501 e. The molecule has 1 aromatic carbocycles. The standard InChI is InChI=1S/C18H16F3N3O4S/c1-11-4-3-9-22-15(11)10-23-12(2)16(25)24(17(23)26)13-5-7-14(8-6-13)29(27,28)18(19,20)21/h3-9,12H,10H2,1-2H3/t12-/m0/s1. The first-order valence-electron chi connectivity index (χ1n) is 8.41. The summed E-state index contributed by atoms with van der Waals surface area (Å²) in [5.41, 5.74) is -4.03. The molecule has 11 heteroatoms. The van der Waals surface area contributed by atoms with E-state index in [1.54, 1.807) is 12.3 Å². The van der Waals surface area contributed by atoms with Crippen LogP contribution in [0.25, 0.3) is 0 Å². The fraction of sp³-hybridized carbons (Fsp3) is 0.278. The van der Waals surface area contributed by atoms with E-state index in [4.69, 9.17) is 0 Å². The first-order chi connectivity index (χ1) is 13.4. The Balaban J connectivity index is 1.89. The zero-order valence-electron chi connectivity index (χ0n) is 15.3. The minimum Gasteiger partial charge on any atom is -0.306 e. The number of alkyl halides is 3. The molecule has 154 valence electrons. The Hall–Kier alpha value is -2.95. The molecule has 1 atom stereocenters. The van der Waals surface area contributed by atoms with Crippen LogP contribution in [0.15, 0.2) is 47.5 Å². The number of benzene rings is 1. The summed E-state index contributed by atoms with van der Waals surface area (Å²) in [5, 5.41) is 0. The lowest BCUT2D eigenvalue weighted by Crippen LogP contribution is -2.34. The molecule has 7 nitrogen and oxygen atoms in total. The van der Waals surface area contributed by atoms with Crippen LogP contribution in [-0.4, -0.2) is 41.8 Å². The van der Waals surface area contributed by atoms with E-state index < -0.39 is 38.2 Å². The molecule has 0 unspecified atom stereocenters. The van der Waals surface area contributed by atoms with Gasteiger partial charge in [0.05, 0.1) is 22.8 Å². The van der Waals surface area contributed by atoms with Gasteiger partial charge in [-0.1, -0.05) is 6.07 Å². The normalized spacial score (nSPS) is 17.9. The van der Waals surface area contributed by atoms with Gasteiger partial charge in [0.25, 0.3) is 15.7 Å². The Morgan fingerprint density at radius 2 is 1.72 bits per heavy atom. The summed E-state index contributed by atoms with van der Waals surface area (Å²) in [6.07, 6.45) is 1.56. The third-order valence-electron chi connectivity index (χ3n) is 4.63. The second kappa shape index (κ2) is 7.14. The van der Waals surface area contributed by atoms with Crippen molar-refractivity contribution in [2.75, 3.05) is 4.90 Å². The lowest BCUT2D eigenvalue weighted by molar-refractivity contribution is -0.119. The summed E-state index contributed by atoms with van der Waals surface area (Å²) in [5.74, 6) is -0.574. The number of carbonyl (C=O) groups excluding carboxylic acids is 2. The molecule has 2 aromatic rings. The van der Waals surface area contributed by atoms with E-state index in [-0.39, 0.29) is 12.2 Å². The number of hydrogen-bond donors (Lipinski definition) is 0. The molecule has 2 heterocycles. The minimum absolute atomic E-state index is 0.0202. The molecule has 1 saturated heterocycles. The Labute approximate surface area is 164 Å². The van der Waals surface area contributed by atoms with E-state index in [0.717, 1.165) is 34.7 Å². The fourth-order valence-electron chi connectivity index (χ4n) is 2.90. The maximum atomic E-state index is 12.8. The van der Waals surface area contributed by atoms with Crippen LogP contribution in [0.3, 0.4) is 0 Å². The van der Waals surface area contributed by atoms with Crippen molar-refractivity contribution in [2.45, 2.75) is 36.8 Å². The van der Waals surface area contributed by atoms with Gasteiger partial charge < -0.3 is 4.90 Å². The number of imide groups is 1. The van der Waals surface area contributed by atoms with E-state index in [1.165, 1.54) is 11.8 Å². The summed E-state index contributed by atoms with van der Waals surface area (Å²) in [6.45, 7) is 3.42. The molecule has 1 aliphatic rings. The van der Waals surface area contributed by atoms with Gasteiger partial charge in [-0.3, -0.25) is 9.78 Å². The largest absolute Gasteiger partial charge is 0.501 e. The zero-order valence-corrected chi connectivity index (χ0v) is 16.2.